The lowest BCUT2D eigenvalue weighted by Crippen LogP contribution is -2.54. The molecule has 2 aliphatic rings. The van der Waals surface area contributed by atoms with Gasteiger partial charge in [0.05, 0.1) is 13.2 Å². The summed E-state index contributed by atoms with van der Waals surface area (Å²) in [5.41, 5.74) is 0.0312. The summed E-state index contributed by atoms with van der Waals surface area (Å²) in [5.74, 6) is 0. The molecular weight excluding hydrogens is 142 g/mol. The number of fused-ring (bicyclic) bond motifs is 1. The summed E-state index contributed by atoms with van der Waals surface area (Å²) in [6, 6.07) is 0. The number of nitrogens with one attached hydrogen (secondary N) is 1. The van der Waals surface area contributed by atoms with Gasteiger partial charge in [-0.25, -0.2) is 0 Å². The summed E-state index contributed by atoms with van der Waals surface area (Å²) >= 11 is 0. The van der Waals surface area contributed by atoms with Crippen LogP contribution in [0.1, 0.15) is 12.8 Å². The van der Waals surface area contributed by atoms with Gasteiger partial charge >= 0.3 is 0 Å². The number of hydrogen-bond acceptors (Lipinski definition) is 3. The van der Waals surface area contributed by atoms with E-state index in [1.807, 2.05) is 0 Å². The molecule has 0 aromatic heterocycles. The summed E-state index contributed by atoms with van der Waals surface area (Å²) in [4.78, 5) is 0. The summed E-state index contributed by atoms with van der Waals surface area (Å²) in [7, 11) is 0. The fraction of sp³-hybridized carbons (Fsp3) is 1.00. The number of rotatable bonds is 2. The van der Waals surface area contributed by atoms with Crippen LogP contribution in [0, 0.1) is 10.8 Å². The van der Waals surface area contributed by atoms with Gasteiger partial charge in [-0.1, -0.05) is 0 Å². The van der Waals surface area contributed by atoms with Crippen molar-refractivity contribution in [1.82, 2.24) is 5.32 Å². The molecule has 2 rings (SSSR count). The van der Waals surface area contributed by atoms with Crippen molar-refractivity contribution < 1.29 is 10.2 Å². The van der Waals surface area contributed by atoms with Crippen LogP contribution in [-0.2, 0) is 0 Å². The standard InChI is InChI=1S/C8H15NO2/c10-5-7-1-2-8(7,6-11)4-9-3-7/h9-11H,1-6H2. The number of aliphatic hydroxyl groups is 2. The van der Waals surface area contributed by atoms with E-state index < -0.39 is 0 Å². The van der Waals surface area contributed by atoms with E-state index in [1.165, 1.54) is 0 Å². The Morgan fingerprint density at radius 3 is 1.73 bits per heavy atom. The molecule has 1 aliphatic carbocycles. The number of aliphatic hydroxyl groups excluding tert-OH is 2. The zero-order valence-electron chi connectivity index (χ0n) is 6.64. The highest BCUT2D eigenvalue weighted by Gasteiger charge is 2.60. The quantitative estimate of drug-likeness (QED) is 0.499. The third-order valence-electron chi connectivity index (χ3n) is 3.74. The zero-order chi connectivity index (χ0) is 7.95. The van der Waals surface area contributed by atoms with Crippen LogP contribution in [0.15, 0.2) is 0 Å². The molecule has 64 valence electrons. The van der Waals surface area contributed by atoms with Crippen molar-refractivity contribution in [2.75, 3.05) is 26.3 Å². The van der Waals surface area contributed by atoms with Crippen LogP contribution < -0.4 is 5.32 Å². The fourth-order valence-corrected chi connectivity index (χ4v) is 2.53. The SMILES string of the molecule is OCC12CCC1(CO)CNC2. The Morgan fingerprint density at radius 2 is 1.45 bits per heavy atom. The second kappa shape index (κ2) is 2.19. The molecule has 0 aromatic carbocycles. The Labute approximate surface area is 66.4 Å². The van der Waals surface area contributed by atoms with E-state index in [-0.39, 0.29) is 24.0 Å². The maximum absolute atomic E-state index is 9.19. The highest BCUT2D eigenvalue weighted by Crippen LogP contribution is 2.58. The molecule has 11 heavy (non-hydrogen) atoms. The number of hydrogen-bond donors (Lipinski definition) is 3. The molecule has 3 nitrogen and oxygen atoms in total. The lowest BCUT2D eigenvalue weighted by Gasteiger charge is -2.53. The summed E-state index contributed by atoms with van der Waals surface area (Å²) in [6.07, 6.45) is 2.13. The van der Waals surface area contributed by atoms with Crippen LogP contribution in [0.3, 0.4) is 0 Å². The summed E-state index contributed by atoms with van der Waals surface area (Å²) in [5, 5.41) is 21.6. The molecule has 1 saturated heterocycles. The molecule has 0 radical (unpaired) electrons. The van der Waals surface area contributed by atoms with E-state index in [0.717, 1.165) is 25.9 Å². The van der Waals surface area contributed by atoms with Crippen LogP contribution in [0.5, 0.6) is 0 Å². The smallest absolute Gasteiger partial charge is 0.0506 e. The second-order valence-electron chi connectivity index (χ2n) is 3.98. The van der Waals surface area contributed by atoms with Crippen molar-refractivity contribution in [2.45, 2.75) is 12.8 Å². The van der Waals surface area contributed by atoms with Crippen LogP contribution >= 0.6 is 0 Å². The van der Waals surface area contributed by atoms with E-state index in [2.05, 4.69) is 5.32 Å². The maximum atomic E-state index is 9.19. The van der Waals surface area contributed by atoms with Crippen molar-refractivity contribution in [2.24, 2.45) is 10.8 Å². The summed E-state index contributed by atoms with van der Waals surface area (Å²) in [6.45, 7) is 2.20. The highest BCUT2D eigenvalue weighted by atomic mass is 16.3. The van der Waals surface area contributed by atoms with E-state index in [9.17, 15) is 10.2 Å². The van der Waals surface area contributed by atoms with Crippen molar-refractivity contribution in [1.29, 1.82) is 0 Å². The Morgan fingerprint density at radius 1 is 1.00 bits per heavy atom. The van der Waals surface area contributed by atoms with Gasteiger partial charge in [-0.05, 0) is 12.8 Å². The minimum Gasteiger partial charge on any atom is -0.396 e. The molecule has 3 heteroatoms. The Balaban J connectivity index is 2.21. The van der Waals surface area contributed by atoms with Gasteiger partial charge in [0.25, 0.3) is 0 Å². The van der Waals surface area contributed by atoms with Crippen LogP contribution in [-0.4, -0.2) is 36.5 Å². The Hall–Kier alpha value is -0.120. The van der Waals surface area contributed by atoms with Gasteiger partial charge in [0.2, 0.25) is 0 Å². The van der Waals surface area contributed by atoms with E-state index >= 15 is 0 Å². The van der Waals surface area contributed by atoms with E-state index in [0.29, 0.717) is 0 Å². The van der Waals surface area contributed by atoms with Gasteiger partial charge in [0, 0.05) is 23.9 Å². The molecule has 0 bridgehead atoms. The first-order valence-corrected chi connectivity index (χ1v) is 4.21. The van der Waals surface area contributed by atoms with Crippen LogP contribution in [0.4, 0.5) is 0 Å². The van der Waals surface area contributed by atoms with Crippen molar-refractivity contribution in [3.8, 4) is 0 Å². The largest absolute Gasteiger partial charge is 0.396 e. The molecule has 0 spiro atoms. The first-order valence-electron chi connectivity index (χ1n) is 4.21. The molecule has 1 heterocycles. The minimum atomic E-state index is 0.0156. The average molecular weight is 157 g/mol. The van der Waals surface area contributed by atoms with Crippen molar-refractivity contribution in [3.05, 3.63) is 0 Å². The predicted molar refractivity (Wildman–Crippen MR) is 41.1 cm³/mol. The zero-order valence-corrected chi connectivity index (χ0v) is 6.64. The third kappa shape index (κ3) is 0.687. The van der Waals surface area contributed by atoms with E-state index in [1.54, 1.807) is 0 Å². The van der Waals surface area contributed by atoms with Crippen LogP contribution in [0.2, 0.25) is 0 Å². The minimum absolute atomic E-state index is 0.0156. The predicted octanol–water partition coefficient (Wildman–Crippen LogP) is -0.659. The first-order chi connectivity index (χ1) is 5.29. The van der Waals surface area contributed by atoms with Crippen LogP contribution in [0.25, 0.3) is 0 Å². The molecule has 2 fully saturated rings. The fourth-order valence-electron chi connectivity index (χ4n) is 2.53. The average Bonchev–Trinajstić information content (AvgIpc) is 2.26. The molecule has 1 saturated carbocycles. The van der Waals surface area contributed by atoms with Gasteiger partial charge in [-0.2, -0.15) is 0 Å². The molecule has 0 amide bonds. The molecule has 1 aliphatic heterocycles. The van der Waals surface area contributed by atoms with Crippen molar-refractivity contribution in [3.63, 3.8) is 0 Å². The Kier molecular flexibility index (Phi) is 1.50. The molecular formula is C8H15NO2. The van der Waals surface area contributed by atoms with Crippen molar-refractivity contribution >= 4 is 0 Å². The van der Waals surface area contributed by atoms with Gasteiger partial charge in [-0.15, -0.1) is 0 Å². The second-order valence-corrected chi connectivity index (χ2v) is 3.98. The lowest BCUT2D eigenvalue weighted by molar-refractivity contribution is -0.101. The topological polar surface area (TPSA) is 52.5 Å². The monoisotopic (exact) mass is 157 g/mol. The van der Waals surface area contributed by atoms with Gasteiger partial charge in [-0.3, -0.25) is 0 Å². The first kappa shape index (κ1) is 7.53. The van der Waals surface area contributed by atoms with Gasteiger partial charge < -0.3 is 15.5 Å². The maximum Gasteiger partial charge on any atom is 0.0506 e. The lowest BCUT2D eigenvalue weighted by atomic mass is 9.52. The molecule has 0 aromatic rings. The van der Waals surface area contributed by atoms with E-state index in [4.69, 9.17) is 0 Å². The molecule has 3 N–H and O–H groups in total. The Bertz CT molecular complexity index is 147. The third-order valence-corrected chi connectivity index (χ3v) is 3.74. The normalized spacial score (nSPS) is 48.5. The highest BCUT2D eigenvalue weighted by molar-refractivity contribution is 5.12. The summed E-state index contributed by atoms with van der Waals surface area (Å²) < 4.78 is 0. The van der Waals surface area contributed by atoms with Gasteiger partial charge in [0.1, 0.15) is 0 Å². The van der Waals surface area contributed by atoms with Gasteiger partial charge in [0.15, 0.2) is 0 Å². The molecule has 2 atom stereocenters. The molecule has 2 unspecified atom stereocenters.